The SMILES string of the molecule is CC(C)c1nc(C(=O)N2CCCC(C(C)N)C2)nn1-c1ccccc1Cl. The van der Waals surface area contributed by atoms with Gasteiger partial charge in [0.25, 0.3) is 5.91 Å². The molecule has 2 heterocycles. The van der Waals surface area contributed by atoms with Crippen LogP contribution in [-0.2, 0) is 0 Å². The fourth-order valence-electron chi connectivity index (χ4n) is 3.35. The summed E-state index contributed by atoms with van der Waals surface area (Å²) in [5.74, 6) is 1.24. The first-order chi connectivity index (χ1) is 12.4. The number of benzene rings is 1. The number of hydrogen-bond acceptors (Lipinski definition) is 4. The Balaban J connectivity index is 1.92. The third kappa shape index (κ3) is 3.76. The van der Waals surface area contributed by atoms with Gasteiger partial charge < -0.3 is 10.6 Å². The van der Waals surface area contributed by atoms with Crippen LogP contribution in [0, 0.1) is 5.92 Å². The summed E-state index contributed by atoms with van der Waals surface area (Å²) in [5.41, 5.74) is 6.77. The average Bonchev–Trinajstić information content (AvgIpc) is 3.07. The molecule has 26 heavy (non-hydrogen) atoms. The molecular formula is C19H26ClN5O. The van der Waals surface area contributed by atoms with E-state index in [1.54, 1.807) is 4.68 Å². The van der Waals surface area contributed by atoms with Gasteiger partial charge in [0.1, 0.15) is 5.82 Å². The molecular weight excluding hydrogens is 350 g/mol. The summed E-state index contributed by atoms with van der Waals surface area (Å²) in [6.45, 7) is 7.44. The maximum atomic E-state index is 13.0. The van der Waals surface area contributed by atoms with Crippen LogP contribution in [0.2, 0.25) is 5.02 Å². The lowest BCUT2D eigenvalue weighted by molar-refractivity contribution is 0.0648. The van der Waals surface area contributed by atoms with Crippen molar-refractivity contribution in [1.82, 2.24) is 19.7 Å². The minimum absolute atomic E-state index is 0.0745. The maximum absolute atomic E-state index is 13.0. The minimum atomic E-state index is -0.136. The van der Waals surface area contributed by atoms with Crippen LogP contribution in [0.3, 0.4) is 0 Å². The normalized spacial score (nSPS) is 19.0. The monoisotopic (exact) mass is 375 g/mol. The number of carbonyl (C=O) groups excluding carboxylic acids is 1. The van der Waals surface area contributed by atoms with Crippen LogP contribution in [0.4, 0.5) is 0 Å². The molecule has 2 atom stereocenters. The Morgan fingerprint density at radius 1 is 1.31 bits per heavy atom. The first kappa shape index (κ1) is 18.9. The summed E-state index contributed by atoms with van der Waals surface area (Å²) in [7, 11) is 0. The van der Waals surface area contributed by atoms with Gasteiger partial charge in [-0.15, -0.1) is 5.10 Å². The van der Waals surface area contributed by atoms with E-state index in [0.717, 1.165) is 30.9 Å². The fourth-order valence-corrected chi connectivity index (χ4v) is 3.57. The highest BCUT2D eigenvalue weighted by Gasteiger charge is 2.29. The van der Waals surface area contributed by atoms with E-state index >= 15 is 0 Å². The van der Waals surface area contributed by atoms with Crippen LogP contribution in [-0.4, -0.2) is 44.7 Å². The van der Waals surface area contributed by atoms with Crippen molar-refractivity contribution in [2.24, 2.45) is 11.7 Å². The van der Waals surface area contributed by atoms with Gasteiger partial charge in [0.2, 0.25) is 5.82 Å². The summed E-state index contributed by atoms with van der Waals surface area (Å²) in [5, 5.41) is 5.08. The Bertz CT molecular complexity index is 786. The van der Waals surface area contributed by atoms with Crippen molar-refractivity contribution >= 4 is 17.5 Å². The number of nitrogens with zero attached hydrogens (tertiary/aromatic N) is 4. The van der Waals surface area contributed by atoms with E-state index in [4.69, 9.17) is 17.3 Å². The molecule has 0 saturated carbocycles. The van der Waals surface area contributed by atoms with Gasteiger partial charge in [-0.25, -0.2) is 9.67 Å². The molecule has 140 valence electrons. The van der Waals surface area contributed by atoms with Crippen molar-refractivity contribution in [2.75, 3.05) is 13.1 Å². The second kappa shape index (κ2) is 7.76. The molecule has 6 nitrogen and oxygen atoms in total. The second-order valence-corrected chi connectivity index (χ2v) is 7.73. The van der Waals surface area contributed by atoms with Gasteiger partial charge in [0.05, 0.1) is 10.7 Å². The zero-order valence-corrected chi connectivity index (χ0v) is 16.3. The molecule has 0 aliphatic carbocycles. The van der Waals surface area contributed by atoms with Gasteiger partial charge in [-0.3, -0.25) is 4.79 Å². The number of likely N-dealkylation sites (tertiary alicyclic amines) is 1. The highest BCUT2D eigenvalue weighted by molar-refractivity contribution is 6.32. The Morgan fingerprint density at radius 2 is 2.04 bits per heavy atom. The predicted molar refractivity (Wildman–Crippen MR) is 103 cm³/mol. The molecule has 0 spiro atoms. The Labute approximate surface area is 159 Å². The molecule has 1 amide bonds. The Morgan fingerprint density at radius 3 is 2.69 bits per heavy atom. The number of rotatable bonds is 4. The highest BCUT2D eigenvalue weighted by Crippen LogP contribution is 2.25. The first-order valence-electron chi connectivity index (χ1n) is 9.15. The van der Waals surface area contributed by atoms with E-state index in [-0.39, 0.29) is 23.7 Å². The van der Waals surface area contributed by atoms with Crippen LogP contribution >= 0.6 is 11.6 Å². The van der Waals surface area contributed by atoms with Crippen molar-refractivity contribution in [3.8, 4) is 5.69 Å². The van der Waals surface area contributed by atoms with Crippen LogP contribution in [0.25, 0.3) is 5.69 Å². The summed E-state index contributed by atoms with van der Waals surface area (Å²) in [6.07, 6.45) is 2.01. The maximum Gasteiger partial charge on any atom is 0.293 e. The molecule has 1 saturated heterocycles. The van der Waals surface area contributed by atoms with Crippen LogP contribution in [0.5, 0.6) is 0 Å². The van der Waals surface area contributed by atoms with E-state index in [9.17, 15) is 4.79 Å². The molecule has 0 radical (unpaired) electrons. The summed E-state index contributed by atoms with van der Waals surface area (Å²) >= 11 is 6.33. The minimum Gasteiger partial charge on any atom is -0.336 e. The molecule has 2 aromatic rings. The van der Waals surface area contributed by atoms with Gasteiger partial charge in [0, 0.05) is 25.0 Å². The standard InChI is InChI=1S/C19H26ClN5O/c1-12(2)18-22-17(23-25(18)16-9-5-4-8-15(16)20)19(26)24-10-6-7-14(11-24)13(3)21/h4-5,8-9,12-14H,6-7,10-11,21H2,1-3H3. The number of aromatic nitrogens is 3. The van der Waals surface area contributed by atoms with Gasteiger partial charge in [0.15, 0.2) is 0 Å². The van der Waals surface area contributed by atoms with Crippen molar-refractivity contribution < 1.29 is 4.79 Å². The molecule has 1 fully saturated rings. The third-order valence-corrected chi connectivity index (χ3v) is 5.23. The van der Waals surface area contributed by atoms with Gasteiger partial charge in [-0.2, -0.15) is 0 Å². The molecule has 1 aliphatic rings. The summed E-state index contributed by atoms with van der Waals surface area (Å²) in [4.78, 5) is 19.4. The second-order valence-electron chi connectivity index (χ2n) is 7.32. The lowest BCUT2D eigenvalue weighted by Gasteiger charge is -2.33. The molecule has 1 aromatic carbocycles. The third-order valence-electron chi connectivity index (χ3n) is 4.91. The van der Waals surface area contributed by atoms with E-state index in [1.807, 2.05) is 49.9 Å². The van der Waals surface area contributed by atoms with Crippen molar-refractivity contribution in [1.29, 1.82) is 0 Å². The van der Waals surface area contributed by atoms with Gasteiger partial charge in [-0.1, -0.05) is 37.6 Å². The van der Waals surface area contributed by atoms with Crippen LogP contribution in [0.15, 0.2) is 24.3 Å². The van der Waals surface area contributed by atoms with E-state index in [2.05, 4.69) is 10.1 Å². The molecule has 7 heteroatoms. The number of piperidine rings is 1. The smallest absolute Gasteiger partial charge is 0.293 e. The molecule has 2 N–H and O–H groups in total. The first-order valence-corrected chi connectivity index (χ1v) is 9.53. The number of halogens is 1. The molecule has 3 rings (SSSR count). The zero-order valence-electron chi connectivity index (χ0n) is 15.5. The molecule has 0 bridgehead atoms. The number of nitrogens with two attached hydrogens (primary N) is 1. The van der Waals surface area contributed by atoms with Gasteiger partial charge in [-0.05, 0) is 37.8 Å². The predicted octanol–water partition coefficient (Wildman–Crippen LogP) is 3.24. The topological polar surface area (TPSA) is 77.0 Å². The average molecular weight is 376 g/mol. The van der Waals surface area contributed by atoms with Crippen LogP contribution in [0.1, 0.15) is 56.0 Å². The quantitative estimate of drug-likeness (QED) is 0.889. The Kier molecular flexibility index (Phi) is 5.63. The van der Waals surface area contributed by atoms with Gasteiger partial charge >= 0.3 is 0 Å². The van der Waals surface area contributed by atoms with Crippen molar-refractivity contribution in [2.45, 2.75) is 45.6 Å². The Hall–Kier alpha value is -1.92. The fraction of sp³-hybridized carbons (Fsp3) is 0.526. The summed E-state index contributed by atoms with van der Waals surface area (Å²) in [6, 6.07) is 7.52. The summed E-state index contributed by atoms with van der Waals surface area (Å²) < 4.78 is 1.69. The number of para-hydroxylation sites is 1. The van der Waals surface area contributed by atoms with Crippen LogP contribution < -0.4 is 5.73 Å². The van der Waals surface area contributed by atoms with E-state index in [0.29, 0.717) is 17.5 Å². The van der Waals surface area contributed by atoms with E-state index in [1.165, 1.54) is 0 Å². The molecule has 1 aromatic heterocycles. The number of carbonyl (C=O) groups is 1. The molecule has 1 aliphatic heterocycles. The number of amides is 1. The largest absolute Gasteiger partial charge is 0.336 e. The number of hydrogen-bond donors (Lipinski definition) is 1. The lowest BCUT2D eigenvalue weighted by atomic mass is 9.92. The molecule has 2 unspecified atom stereocenters. The lowest BCUT2D eigenvalue weighted by Crippen LogP contribution is -2.45. The van der Waals surface area contributed by atoms with Crippen molar-refractivity contribution in [3.05, 3.63) is 40.9 Å². The van der Waals surface area contributed by atoms with Crippen molar-refractivity contribution in [3.63, 3.8) is 0 Å². The van der Waals surface area contributed by atoms with E-state index < -0.39 is 0 Å². The zero-order chi connectivity index (χ0) is 18.8. The highest BCUT2D eigenvalue weighted by atomic mass is 35.5.